The van der Waals surface area contributed by atoms with Crippen LogP contribution in [0.1, 0.15) is 48.6 Å². The van der Waals surface area contributed by atoms with E-state index in [1.807, 2.05) is 69.3 Å². The van der Waals surface area contributed by atoms with Crippen molar-refractivity contribution >= 4 is 17.4 Å². The number of amidine groups is 1. The number of rotatable bonds is 7. The van der Waals surface area contributed by atoms with Gasteiger partial charge in [-0.1, -0.05) is 43.0 Å². The van der Waals surface area contributed by atoms with Crippen molar-refractivity contribution in [2.45, 2.75) is 40.2 Å². The van der Waals surface area contributed by atoms with Crippen molar-refractivity contribution in [1.82, 2.24) is 0 Å². The molecule has 4 heteroatoms. The molecule has 0 bridgehead atoms. The molecule has 0 amide bonds. The van der Waals surface area contributed by atoms with Crippen molar-refractivity contribution in [2.24, 2.45) is 10.7 Å². The summed E-state index contributed by atoms with van der Waals surface area (Å²) in [5, 5.41) is 0. The van der Waals surface area contributed by atoms with Gasteiger partial charge < -0.3 is 10.5 Å². The zero-order valence-electron chi connectivity index (χ0n) is 17.2. The van der Waals surface area contributed by atoms with Crippen molar-refractivity contribution in [3.8, 4) is 0 Å². The summed E-state index contributed by atoms with van der Waals surface area (Å²) in [5.41, 5.74) is 9.36. The lowest BCUT2D eigenvalue weighted by Crippen LogP contribution is -2.36. The Morgan fingerprint density at radius 1 is 1.11 bits per heavy atom. The minimum atomic E-state index is -1.22. The van der Waals surface area contributed by atoms with Crippen LogP contribution >= 0.6 is 0 Å². The molecule has 2 aromatic carbocycles. The lowest BCUT2D eigenvalue weighted by molar-refractivity contribution is -0.120. The summed E-state index contributed by atoms with van der Waals surface area (Å²) < 4.78 is 5.51. The van der Waals surface area contributed by atoms with Crippen molar-refractivity contribution in [2.75, 3.05) is 0 Å². The van der Waals surface area contributed by atoms with Gasteiger partial charge in [-0.3, -0.25) is 4.79 Å². The molecule has 2 rings (SSSR count). The third-order valence-electron chi connectivity index (χ3n) is 4.82. The minimum Gasteiger partial charge on any atom is -0.465 e. The topological polar surface area (TPSA) is 64.7 Å². The van der Waals surface area contributed by atoms with Crippen LogP contribution in [-0.4, -0.2) is 11.6 Å². The van der Waals surface area contributed by atoms with E-state index in [0.29, 0.717) is 11.6 Å². The smallest absolute Gasteiger partial charge is 0.170 e. The van der Waals surface area contributed by atoms with Gasteiger partial charge in [-0.15, -0.1) is 0 Å². The number of benzene rings is 2. The first-order chi connectivity index (χ1) is 13.3. The summed E-state index contributed by atoms with van der Waals surface area (Å²) in [7, 11) is 0. The average Bonchev–Trinajstić information content (AvgIpc) is 2.66. The first-order valence-corrected chi connectivity index (χ1v) is 9.21. The molecule has 0 aromatic heterocycles. The molecule has 0 fully saturated rings. The number of nitrogens with zero attached hydrogens (tertiary/aromatic N) is 1. The van der Waals surface area contributed by atoms with Gasteiger partial charge in [-0.25, -0.2) is 4.99 Å². The summed E-state index contributed by atoms with van der Waals surface area (Å²) in [5.74, 6) is 0.889. The second-order valence-corrected chi connectivity index (χ2v) is 6.84. The normalized spacial score (nSPS) is 14.3. The molecular formula is C24H28N2O2. The number of aliphatic imine (C=N–C) groups is 1. The Kier molecular flexibility index (Phi) is 6.57. The first-order valence-electron chi connectivity index (χ1n) is 9.21. The van der Waals surface area contributed by atoms with E-state index in [0.717, 1.165) is 27.8 Å². The highest BCUT2D eigenvalue weighted by molar-refractivity contribution is 5.95. The molecule has 0 aliphatic carbocycles. The van der Waals surface area contributed by atoms with Crippen LogP contribution in [-0.2, 0) is 15.1 Å². The molecule has 0 aliphatic heterocycles. The number of hydrogen-bond acceptors (Lipinski definition) is 3. The Hall–Kier alpha value is -3.14. The van der Waals surface area contributed by atoms with E-state index in [1.54, 1.807) is 13.8 Å². The number of hydrogen-bond donors (Lipinski definition) is 1. The Morgan fingerprint density at radius 2 is 1.79 bits per heavy atom. The molecule has 0 heterocycles. The second kappa shape index (κ2) is 8.70. The highest BCUT2D eigenvalue weighted by Gasteiger charge is 2.39. The standard InChI is InChI=1S/C24H28N2O2/c1-7-23(28-8-2)20-10-9-11-21(15-20)24(18(5)27,26-19(6)25)22-13-12-16(3)17(4)14-22/h7-15H,2H2,1,3-6H3,(H2,25,26)/b23-7-. The Morgan fingerprint density at radius 3 is 2.32 bits per heavy atom. The largest absolute Gasteiger partial charge is 0.465 e. The quantitative estimate of drug-likeness (QED) is 0.418. The summed E-state index contributed by atoms with van der Waals surface area (Å²) >= 11 is 0. The van der Waals surface area contributed by atoms with Crippen LogP contribution < -0.4 is 5.73 Å². The van der Waals surface area contributed by atoms with Gasteiger partial charge in [0.05, 0.1) is 12.1 Å². The van der Waals surface area contributed by atoms with E-state index in [-0.39, 0.29) is 5.78 Å². The molecule has 2 N–H and O–H groups in total. The highest BCUT2D eigenvalue weighted by Crippen LogP contribution is 2.37. The predicted molar refractivity (Wildman–Crippen MR) is 116 cm³/mol. The van der Waals surface area contributed by atoms with Crippen LogP contribution in [0.25, 0.3) is 5.76 Å². The van der Waals surface area contributed by atoms with Gasteiger partial charge in [0.15, 0.2) is 11.3 Å². The zero-order chi connectivity index (χ0) is 20.9. The molecule has 1 atom stereocenters. The van der Waals surface area contributed by atoms with Crippen LogP contribution in [0, 0.1) is 13.8 Å². The molecule has 0 saturated carbocycles. The maximum atomic E-state index is 13.1. The van der Waals surface area contributed by atoms with Crippen molar-refractivity contribution in [3.05, 3.63) is 89.2 Å². The Balaban J connectivity index is 2.83. The van der Waals surface area contributed by atoms with Gasteiger partial charge in [0, 0.05) is 5.56 Å². The third kappa shape index (κ3) is 4.06. The fourth-order valence-electron chi connectivity index (χ4n) is 3.30. The Labute approximate surface area is 167 Å². The number of aryl methyl sites for hydroxylation is 2. The molecule has 0 aliphatic rings. The Bertz CT molecular complexity index is 953. The lowest BCUT2D eigenvalue weighted by atomic mass is 9.78. The van der Waals surface area contributed by atoms with Crippen LogP contribution in [0.2, 0.25) is 0 Å². The number of carbonyl (C=O) groups excluding carboxylic acids is 1. The highest BCUT2D eigenvalue weighted by atomic mass is 16.5. The minimum absolute atomic E-state index is 0.107. The zero-order valence-corrected chi connectivity index (χ0v) is 17.2. The van der Waals surface area contributed by atoms with Crippen LogP contribution in [0.3, 0.4) is 0 Å². The van der Waals surface area contributed by atoms with Gasteiger partial charge >= 0.3 is 0 Å². The summed E-state index contributed by atoms with van der Waals surface area (Å²) in [4.78, 5) is 17.7. The number of ketones is 1. The van der Waals surface area contributed by atoms with Crippen LogP contribution in [0.4, 0.5) is 0 Å². The molecule has 0 radical (unpaired) electrons. The summed E-state index contributed by atoms with van der Waals surface area (Å²) in [6.45, 7) is 12.8. The van der Waals surface area contributed by atoms with E-state index in [9.17, 15) is 4.79 Å². The fourth-order valence-corrected chi connectivity index (χ4v) is 3.30. The summed E-state index contributed by atoms with van der Waals surface area (Å²) in [6, 6.07) is 13.6. The molecular weight excluding hydrogens is 348 g/mol. The summed E-state index contributed by atoms with van der Waals surface area (Å²) in [6.07, 6.45) is 3.23. The van der Waals surface area contributed by atoms with Crippen LogP contribution in [0.15, 0.2) is 66.4 Å². The van der Waals surface area contributed by atoms with Gasteiger partial charge in [-0.2, -0.15) is 0 Å². The molecule has 0 saturated heterocycles. The molecule has 1 unspecified atom stereocenters. The monoisotopic (exact) mass is 376 g/mol. The number of ether oxygens (including phenoxy) is 1. The molecule has 28 heavy (non-hydrogen) atoms. The number of carbonyl (C=O) groups is 1. The molecule has 2 aromatic rings. The lowest BCUT2D eigenvalue weighted by Gasteiger charge is -2.30. The van der Waals surface area contributed by atoms with Gasteiger partial charge in [-0.05, 0) is 69.0 Å². The maximum Gasteiger partial charge on any atom is 0.170 e. The van der Waals surface area contributed by atoms with E-state index >= 15 is 0 Å². The van der Waals surface area contributed by atoms with E-state index in [1.165, 1.54) is 6.26 Å². The SMILES string of the molecule is C=CO/C(=C\C)c1cccc(C(/N=C(\C)N)(C(C)=O)c2ccc(C)c(C)c2)c1. The van der Waals surface area contributed by atoms with E-state index in [4.69, 9.17) is 10.5 Å². The van der Waals surface area contributed by atoms with Crippen molar-refractivity contribution in [1.29, 1.82) is 0 Å². The van der Waals surface area contributed by atoms with E-state index in [2.05, 4.69) is 11.6 Å². The first kappa shape index (κ1) is 21.2. The van der Waals surface area contributed by atoms with Gasteiger partial charge in [0.2, 0.25) is 0 Å². The third-order valence-corrected chi connectivity index (χ3v) is 4.82. The van der Waals surface area contributed by atoms with Gasteiger partial charge in [0.1, 0.15) is 5.76 Å². The number of Topliss-reactive ketones (excluding diaryl/α,β-unsaturated/α-hetero) is 1. The van der Waals surface area contributed by atoms with Crippen molar-refractivity contribution < 1.29 is 9.53 Å². The van der Waals surface area contributed by atoms with Crippen molar-refractivity contribution in [3.63, 3.8) is 0 Å². The van der Waals surface area contributed by atoms with Crippen LogP contribution in [0.5, 0.6) is 0 Å². The average molecular weight is 377 g/mol. The van der Waals surface area contributed by atoms with E-state index < -0.39 is 5.54 Å². The number of allylic oxidation sites excluding steroid dienone is 1. The fraction of sp³-hybridized carbons (Fsp3) is 0.250. The molecule has 4 nitrogen and oxygen atoms in total. The number of nitrogens with two attached hydrogens (primary N) is 1. The second-order valence-electron chi connectivity index (χ2n) is 6.84. The molecule has 146 valence electrons. The van der Waals surface area contributed by atoms with Gasteiger partial charge in [0.25, 0.3) is 0 Å². The predicted octanol–water partition coefficient (Wildman–Crippen LogP) is 5.03. The molecule has 0 spiro atoms. The maximum absolute atomic E-state index is 13.1.